The van der Waals surface area contributed by atoms with Crippen molar-refractivity contribution in [1.29, 1.82) is 0 Å². The smallest absolute Gasteiger partial charge is 0.340 e. The molecule has 0 radical (unpaired) electrons. The van der Waals surface area contributed by atoms with Gasteiger partial charge in [-0.15, -0.1) is 0 Å². The maximum Gasteiger partial charge on any atom is 0.340 e. The van der Waals surface area contributed by atoms with E-state index in [1.165, 1.54) is 13.3 Å². The summed E-state index contributed by atoms with van der Waals surface area (Å²) in [7, 11) is 1.31. The number of nitrogens with one attached hydrogen (secondary N) is 1. The lowest BCUT2D eigenvalue weighted by Crippen LogP contribution is -2.07. The number of esters is 1. The van der Waals surface area contributed by atoms with E-state index in [9.17, 15) is 4.79 Å². The summed E-state index contributed by atoms with van der Waals surface area (Å²) in [5.74, 6) is 0.0107. The number of carbonyl (C=O) groups excluding carboxylic acids is 1. The van der Waals surface area contributed by atoms with Crippen LogP contribution in [0.4, 0.5) is 17.2 Å². The highest BCUT2D eigenvalue weighted by Gasteiger charge is 2.12. The Bertz CT molecular complexity index is 613. The van der Waals surface area contributed by atoms with Crippen molar-refractivity contribution < 1.29 is 9.53 Å². The average Bonchev–Trinajstić information content (AvgIpc) is 2.42. The van der Waals surface area contributed by atoms with Gasteiger partial charge in [-0.2, -0.15) is 0 Å². The molecule has 19 heavy (non-hydrogen) atoms. The van der Waals surface area contributed by atoms with Crippen molar-refractivity contribution in [2.75, 3.05) is 18.2 Å². The summed E-state index contributed by atoms with van der Waals surface area (Å²) in [6.07, 6.45) is 3.12. The van der Waals surface area contributed by atoms with Crippen LogP contribution in [0.25, 0.3) is 0 Å². The lowest BCUT2D eigenvalue weighted by atomic mass is 10.2. The maximum atomic E-state index is 11.5. The van der Waals surface area contributed by atoms with E-state index in [4.69, 9.17) is 5.73 Å². The molecule has 0 spiro atoms. The Morgan fingerprint density at radius 2 is 2.21 bits per heavy atom. The fourth-order valence-corrected chi connectivity index (χ4v) is 1.58. The zero-order valence-corrected chi connectivity index (χ0v) is 10.7. The highest BCUT2D eigenvalue weighted by Crippen LogP contribution is 2.20. The summed E-state index contributed by atoms with van der Waals surface area (Å²) in [6.45, 7) is 1.88. The second kappa shape index (κ2) is 5.34. The Labute approximate surface area is 110 Å². The molecule has 98 valence electrons. The van der Waals surface area contributed by atoms with Crippen LogP contribution >= 0.6 is 0 Å². The molecule has 0 saturated carbocycles. The van der Waals surface area contributed by atoms with Gasteiger partial charge >= 0.3 is 5.97 Å². The Morgan fingerprint density at radius 3 is 2.89 bits per heavy atom. The van der Waals surface area contributed by atoms with E-state index in [0.29, 0.717) is 5.82 Å². The third-order valence-electron chi connectivity index (χ3n) is 2.61. The molecule has 0 unspecified atom stereocenters. The molecule has 2 aromatic heterocycles. The third-order valence-corrected chi connectivity index (χ3v) is 2.61. The molecule has 0 atom stereocenters. The first-order valence-corrected chi connectivity index (χ1v) is 5.64. The van der Waals surface area contributed by atoms with Crippen LogP contribution in [0.15, 0.2) is 30.6 Å². The van der Waals surface area contributed by atoms with Gasteiger partial charge in [-0.1, -0.05) is 0 Å². The van der Waals surface area contributed by atoms with Crippen LogP contribution in [0.1, 0.15) is 16.1 Å². The van der Waals surface area contributed by atoms with Gasteiger partial charge in [0.15, 0.2) is 0 Å². The lowest BCUT2D eigenvalue weighted by molar-refractivity contribution is 0.0602. The van der Waals surface area contributed by atoms with E-state index in [1.807, 2.05) is 19.1 Å². The number of aryl methyl sites for hydroxylation is 1. The Kier molecular flexibility index (Phi) is 3.61. The zero-order chi connectivity index (χ0) is 13.8. The minimum Gasteiger partial charge on any atom is -0.465 e. The van der Waals surface area contributed by atoms with Crippen LogP contribution in [0.5, 0.6) is 0 Å². The molecule has 0 fully saturated rings. The summed E-state index contributed by atoms with van der Waals surface area (Å²) >= 11 is 0. The van der Waals surface area contributed by atoms with Crippen LogP contribution in [0.3, 0.4) is 0 Å². The van der Waals surface area contributed by atoms with Gasteiger partial charge in [0.25, 0.3) is 0 Å². The molecule has 0 aromatic carbocycles. The molecule has 0 bridgehead atoms. The number of methoxy groups -OCH3 is 1. The molecule has 3 N–H and O–H groups in total. The van der Waals surface area contributed by atoms with Gasteiger partial charge in [-0.3, -0.25) is 4.98 Å². The van der Waals surface area contributed by atoms with Gasteiger partial charge < -0.3 is 15.8 Å². The Balaban J connectivity index is 2.32. The van der Waals surface area contributed by atoms with Crippen LogP contribution in [0, 0.1) is 6.92 Å². The first-order valence-electron chi connectivity index (χ1n) is 5.64. The number of nitrogens with zero attached hydrogens (tertiary/aromatic N) is 2. The van der Waals surface area contributed by atoms with E-state index >= 15 is 0 Å². The highest BCUT2D eigenvalue weighted by molar-refractivity contribution is 5.95. The van der Waals surface area contributed by atoms with Gasteiger partial charge in [0.05, 0.1) is 35.9 Å². The minimum atomic E-state index is -0.495. The molecule has 2 aromatic rings. The number of aromatic nitrogens is 2. The molecular formula is C13H14N4O2. The Hall–Kier alpha value is -2.63. The zero-order valence-electron chi connectivity index (χ0n) is 10.7. The van der Waals surface area contributed by atoms with E-state index in [1.54, 1.807) is 12.3 Å². The number of hydrogen-bond acceptors (Lipinski definition) is 6. The fraction of sp³-hybridized carbons (Fsp3) is 0.154. The second-order valence-corrected chi connectivity index (χ2v) is 3.91. The highest BCUT2D eigenvalue weighted by atomic mass is 16.5. The quantitative estimate of drug-likeness (QED) is 0.817. The maximum absolute atomic E-state index is 11.5. The van der Waals surface area contributed by atoms with Crippen molar-refractivity contribution >= 4 is 23.2 Å². The van der Waals surface area contributed by atoms with Crippen LogP contribution in [-0.2, 0) is 4.74 Å². The molecule has 0 aliphatic carbocycles. The first-order chi connectivity index (χ1) is 9.11. The fourth-order valence-electron chi connectivity index (χ4n) is 1.58. The van der Waals surface area contributed by atoms with Crippen LogP contribution < -0.4 is 11.1 Å². The van der Waals surface area contributed by atoms with Crippen LogP contribution in [-0.4, -0.2) is 23.0 Å². The van der Waals surface area contributed by atoms with Crippen molar-refractivity contribution in [2.24, 2.45) is 0 Å². The van der Waals surface area contributed by atoms with Gasteiger partial charge in [0, 0.05) is 6.20 Å². The summed E-state index contributed by atoms with van der Waals surface area (Å²) < 4.78 is 4.66. The van der Waals surface area contributed by atoms with Crippen molar-refractivity contribution in [1.82, 2.24) is 9.97 Å². The SMILES string of the molecule is COC(=O)c1cc(Nc2cccnc2C)ncc1N. The molecule has 2 heterocycles. The summed E-state index contributed by atoms with van der Waals surface area (Å²) in [4.78, 5) is 19.8. The number of pyridine rings is 2. The Morgan fingerprint density at radius 1 is 1.42 bits per heavy atom. The summed E-state index contributed by atoms with van der Waals surface area (Å²) in [5, 5.41) is 3.08. The van der Waals surface area contributed by atoms with Gasteiger partial charge in [0.2, 0.25) is 0 Å². The van der Waals surface area contributed by atoms with Crippen molar-refractivity contribution in [3.8, 4) is 0 Å². The molecule has 2 rings (SSSR count). The number of nitrogens with two attached hydrogens (primary N) is 1. The van der Waals surface area contributed by atoms with Gasteiger partial charge in [-0.05, 0) is 25.1 Å². The summed E-state index contributed by atoms with van der Waals surface area (Å²) in [6, 6.07) is 5.24. The summed E-state index contributed by atoms with van der Waals surface area (Å²) in [5.41, 5.74) is 7.89. The lowest BCUT2D eigenvalue weighted by Gasteiger charge is -2.10. The standard InChI is InChI=1S/C13H14N4O2/c1-8-11(4-3-5-15-8)17-12-6-9(13(18)19-2)10(14)7-16-12/h3-7H,14H2,1-2H3,(H,16,17). The van der Waals surface area contributed by atoms with E-state index in [-0.39, 0.29) is 11.3 Å². The van der Waals surface area contributed by atoms with Crippen molar-refractivity contribution in [2.45, 2.75) is 6.92 Å². The monoisotopic (exact) mass is 258 g/mol. The number of hydrogen-bond donors (Lipinski definition) is 2. The third kappa shape index (κ3) is 2.79. The molecule has 0 aliphatic heterocycles. The number of carbonyl (C=O) groups is 1. The van der Waals surface area contributed by atoms with Crippen molar-refractivity contribution in [3.63, 3.8) is 0 Å². The van der Waals surface area contributed by atoms with Crippen molar-refractivity contribution in [3.05, 3.63) is 41.9 Å². The number of ether oxygens (including phenoxy) is 1. The first kappa shape index (κ1) is 12.8. The molecule has 0 amide bonds. The normalized spacial score (nSPS) is 10.0. The van der Waals surface area contributed by atoms with E-state index in [0.717, 1.165) is 11.4 Å². The predicted octanol–water partition coefficient (Wildman–Crippen LogP) is 1.90. The number of nitrogen functional groups attached to an aromatic ring is 1. The molecule has 6 heteroatoms. The van der Waals surface area contributed by atoms with Gasteiger partial charge in [-0.25, -0.2) is 9.78 Å². The topological polar surface area (TPSA) is 90.1 Å². The second-order valence-electron chi connectivity index (χ2n) is 3.91. The molecule has 0 saturated heterocycles. The van der Waals surface area contributed by atoms with E-state index in [2.05, 4.69) is 20.0 Å². The molecule has 6 nitrogen and oxygen atoms in total. The average molecular weight is 258 g/mol. The van der Waals surface area contributed by atoms with E-state index < -0.39 is 5.97 Å². The minimum absolute atomic E-state index is 0.278. The predicted molar refractivity (Wildman–Crippen MR) is 72.2 cm³/mol. The number of anilines is 3. The number of rotatable bonds is 3. The van der Waals surface area contributed by atoms with Crippen LogP contribution in [0.2, 0.25) is 0 Å². The molecular weight excluding hydrogens is 244 g/mol. The largest absolute Gasteiger partial charge is 0.465 e. The van der Waals surface area contributed by atoms with Gasteiger partial charge in [0.1, 0.15) is 5.82 Å². The molecule has 0 aliphatic rings.